The van der Waals surface area contributed by atoms with Gasteiger partial charge in [-0.05, 0) is 0 Å². The van der Waals surface area contributed by atoms with Crippen LogP contribution in [0, 0.1) is 0 Å². The van der Waals surface area contributed by atoms with Crippen LogP contribution < -0.4 is 34.7 Å². The van der Waals surface area contributed by atoms with Crippen molar-refractivity contribution in [1.82, 2.24) is 0 Å². The third-order valence-corrected chi connectivity index (χ3v) is 1.38. The normalized spacial score (nSPS) is 13.2. The van der Waals surface area contributed by atoms with Gasteiger partial charge in [-0.3, -0.25) is 0 Å². The van der Waals surface area contributed by atoms with Crippen LogP contribution in [-0.2, 0) is 23.9 Å². The number of rotatable bonds is 6. The van der Waals surface area contributed by atoms with Crippen LogP contribution in [0.5, 0.6) is 0 Å². The smallest absolute Gasteiger partial charge is 0.546 e. The molecule has 0 bridgehead atoms. The van der Waals surface area contributed by atoms with Crippen molar-refractivity contribution in [2.45, 2.75) is 12.2 Å². The van der Waals surface area contributed by atoms with E-state index in [1.807, 2.05) is 0 Å². The molecule has 0 rings (SSSR count). The monoisotopic (exact) mass is 270 g/mol. The summed E-state index contributed by atoms with van der Waals surface area (Å²) in [5.41, 5.74) is 0. The maximum Gasteiger partial charge on any atom is 1.00 e. The Balaban J connectivity index is 0. The molecule has 0 radical (unpaired) electrons. The van der Waals surface area contributed by atoms with Crippen LogP contribution >= 0.6 is 0 Å². The number of carbonyl (C=O) groups is 4. The number of hydrogen-bond donors (Lipinski definition) is 3. The van der Waals surface area contributed by atoms with Crippen LogP contribution in [0.25, 0.3) is 0 Å². The second kappa shape index (κ2) is 8.64. The summed E-state index contributed by atoms with van der Waals surface area (Å²) in [5.74, 6) is -7.00. The minimum Gasteiger partial charge on any atom is -0.546 e. The zero-order valence-electron chi connectivity index (χ0n) is 9.10. The van der Waals surface area contributed by atoms with Gasteiger partial charge in [-0.15, -0.1) is 0 Å². The number of ether oxygens (including phenoxy) is 1. The van der Waals surface area contributed by atoms with Crippen molar-refractivity contribution < 1.29 is 73.9 Å². The third kappa shape index (κ3) is 7.01. The molecule has 0 spiro atoms. The Labute approximate surface area is 122 Å². The molecule has 18 heavy (non-hydrogen) atoms. The molecule has 0 aromatic heterocycles. The van der Waals surface area contributed by atoms with Gasteiger partial charge in [0, 0.05) is 12.2 Å². The molecule has 2 atom stereocenters. The minimum atomic E-state index is -2.51. The molecule has 0 saturated heterocycles. The van der Waals surface area contributed by atoms with Crippen molar-refractivity contribution in [3.63, 3.8) is 0 Å². The van der Waals surface area contributed by atoms with E-state index in [0.29, 0.717) is 12.2 Å². The first-order chi connectivity index (χ1) is 7.75. The molecular weight excluding hydrogens is 263 g/mol. The summed E-state index contributed by atoms with van der Waals surface area (Å²) in [6, 6.07) is 0. The summed E-state index contributed by atoms with van der Waals surface area (Å²) in [6.45, 7) is 0. The molecule has 94 valence electrons. The first-order valence-electron chi connectivity index (χ1n) is 3.99. The van der Waals surface area contributed by atoms with Gasteiger partial charge in [0.25, 0.3) is 0 Å². The summed E-state index contributed by atoms with van der Waals surface area (Å²) >= 11 is 0. The number of aliphatic carboxylic acids is 3. The van der Waals surface area contributed by atoms with E-state index in [1.165, 1.54) is 0 Å². The standard InChI is InChI=1S/C8H8O9.Na/c9-3(10)1-2-4(11)17-6(8(15)16)5(12)7(13)14;/h1-2,5-6,12H,(H,9,10)(H,13,14)(H,15,16);/q;+1/p-1/b2-1-;. The Morgan fingerprint density at radius 3 is 1.94 bits per heavy atom. The molecule has 9 nitrogen and oxygen atoms in total. The molecule has 0 aliphatic rings. The Bertz CT molecular complexity index is 375. The molecular formula is C8H7NaO9. The maximum absolute atomic E-state index is 10.8. The minimum absolute atomic E-state index is 0. The van der Waals surface area contributed by atoms with E-state index >= 15 is 0 Å². The van der Waals surface area contributed by atoms with Gasteiger partial charge in [0.15, 0.2) is 12.2 Å². The zero-order valence-corrected chi connectivity index (χ0v) is 11.1. The first-order valence-corrected chi connectivity index (χ1v) is 3.99. The van der Waals surface area contributed by atoms with Gasteiger partial charge < -0.3 is 30.0 Å². The summed E-state index contributed by atoms with van der Waals surface area (Å²) in [7, 11) is 0. The van der Waals surface area contributed by atoms with Crippen molar-refractivity contribution in [2.75, 3.05) is 0 Å². The average molecular weight is 270 g/mol. The first kappa shape index (κ1) is 18.9. The van der Waals surface area contributed by atoms with Crippen LogP contribution in [0.15, 0.2) is 12.2 Å². The Kier molecular flexibility index (Phi) is 9.09. The summed E-state index contributed by atoms with van der Waals surface area (Å²) in [5, 5.41) is 35.6. The van der Waals surface area contributed by atoms with Crippen molar-refractivity contribution in [3.8, 4) is 0 Å². The van der Waals surface area contributed by atoms with E-state index in [9.17, 15) is 24.3 Å². The van der Waals surface area contributed by atoms with E-state index in [-0.39, 0.29) is 29.6 Å². The molecule has 0 aliphatic heterocycles. The second-order valence-electron chi connectivity index (χ2n) is 2.63. The molecule has 0 aromatic rings. The molecule has 0 aliphatic carbocycles. The third-order valence-electron chi connectivity index (χ3n) is 1.38. The van der Waals surface area contributed by atoms with Gasteiger partial charge in [-0.2, -0.15) is 0 Å². The fourth-order valence-electron chi connectivity index (χ4n) is 0.675. The van der Waals surface area contributed by atoms with Gasteiger partial charge >= 0.3 is 47.5 Å². The summed E-state index contributed by atoms with van der Waals surface area (Å²) < 4.78 is 4.00. The second-order valence-corrected chi connectivity index (χ2v) is 2.63. The van der Waals surface area contributed by atoms with E-state index in [2.05, 4.69) is 4.74 Å². The number of aliphatic hydroxyl groups excluding tert-OH is 1. The largest absolute Gasteiger partial charge is 1.00 e. The van der Waals surface area contributed by atoms with Crippen molar-refractivity contribution in [1.29, 1.82) is 0 Å². The maximum atomic E-state index is 10.8. The zero-order chi connectivity index (χ0) is 13.6. The number of carboxylic acid groups (broad SMARTS) is 3. The molecule has 10 heteroatoms. The molecule has 0 aromatic carbocycles. The van der Waals surface area contributed by atoms with Gasteiger partial charge in [0.1, 0.15) is 0 Å². The Morgan fingerprint density at radius 2 is 1.61 bits per heavy atom. The van der Waals surface area contributed by atoms with Crippen molar-refractivity contribution >= 4 is 23.9 Å². The van der Waals surface area contributed by atoms with Gasteiger partial charge in [0.2, 0.25) is 0 Å². The predicted octanol–water partition coefficient (Wildman–Crippen LogP) is -6.26. The van der Waals surface area contributed by atoms with Crippen LogP contribution in [0.2, 0.25) is 0 Å². The van der Waals surface area contributed by atoms with E-state index in [1.54, 1.807) is 0 Å². The summed E-state index contributed by atoms with van der Waals surface area (Å²) in [6.07, 6.45) is -4.24. The van der Waals surface area contributed by atoms with E-state index in [0.717, 1.165) is 0 Å². The van der Waals surface area contributed by atoms with Gasteiger partial charge in [-0.1, -0.05) is 0 Å². The Hall–Kier alpha value is -1.42. The number of aliphatic hydroxyl groups is 1. The molecule has 0 saturated carbocycles. The fraction of sp³-hybridized carbons (Fsp3) is 0.250. The topological polar surface area (TPSA) is 161 Å². The average Bonchev–Trinajstić information content (AvgIpc) is 2.21. The number of esters is 1. The van der Waals surface area contributed by atoms with Gasteiger partial charge in [0.05, 0.1) is 5.97 Å². The number of carboxylic acids is 3. The van der Waals surface area contributed by atoms with Gasteiger partial charge in [-0.25, -0.2) is 14.4 Å². The van der Waals surface area contributed by atoms with Crippen molar-refractivity contribution in [2.24, 2.45) is 0 Å². The molecule has 0 heterocycles. The van der Waals surface area contributed by atoms with Crippen LogP contribution in [0.3, 0.4) is 0 Å². The van der Waals surface area contributed by atoms with Crippen LogP contribution in [0.1, 0.15) is 0 Å². The Morgan fingerprint density at radius 1 is 1.11 bits per heavy atom. The number of hydrogen-bond acceptors (Lipinski definition) is 7. The number of carbonyl (C=O) groups excluding carboxylic acids is 2. The van der Waals surface area contributed by atoms with E-state index < -0.39 is 36.1 Å². The molecule has 2 unspecified atom stereocenters. The summed E-state index contributed by atoms with van der Waals surface area (Å²) in [4.78, 5) is 41.4. The predicted molar refractivity (Wildman–Crippen MR) is 45.3 cm³/mol. The molecule has 0 fully saturated rings. The van der Waals surface area contributed by atoms with Crippen molar-refractivity contribution in [3.05, 3.63) is 12.2 Å². The SMILES string of the molecule is O=C(O)/C=C\C(=O)OC(C(=O)[O-])C(O)C(=O)O.[Na+]. The van der Waals surface area contributed by atoms with E-state index in [4.69, 9.17) is 15.3 Å². The quantitative estimate of drug-likeness (QED) is 0.242. The van der Waals surface area contributed by atoms with Crippen LogP contribution in [-0.4, -0.2) is 51.4 Å². The van der Waals surface area contributed by atoms with Crippen LogP contribution in [0.4, 0.5) is 0 Å². The molecule has 3 N–H and O–H groups in total. The molecule has 0 amide bonds. The fourth-order valence-corrected chi connectivity index (χ4v) is 0.675.